The summed E-state index contributed by atoms with van der Waals surface area (Å²) in [6.07, 6.45) is 3.90. The molecule has 2 nitrogen and oxygen atoms in total. The molecule has 0 saturated heterocycles. The number of rotatable bonds is 3. The zero-order chi connectivity index (χ0) is 10.7. The largest absolute Gasteiger partial charge is 0.548 e. The van der Waals surface area contributed by atoms with Crippen molar-refractivity contribution in [3.05, 3.63) is 35.2 Å². The summed E-state index contributed by atoms with van der Waals surface area (Å²) in [6, 6.07) is 0. The molecule has 76 valence electrons. The first-order valence-corrected chi connectivity index (χ1v) is 5.94. The fraction of sp³-hybridized carbons (Fsp3) is 0.455. The molecule has 14 heavy (non-hydrogen) atoms. The first-order valence-electron chi connectivity index (χ1n) is 4.76. The third-order valence-electron chi connectivity index (χ3n) is 2.40. The summed E-state index contributed by atoms with van der Waals surface area (Å²) in [5.74, 6) is 0.337. The second-order valence-electron chi connectivity index (χ2n) is 3.36. The summed E-state index contributed by atoms with van der Waals surface area (Å²) >= 11 is 0. The van der Waals surface area contributed by atoms with Crippen molar-refractivity contribution in [2.75, 3.05) is 6.61 Å². The fourth-order valence-corrected chi connectivity index (χ4v) is 2.37. The van der Waals surface area contributed by atoms with Crippen LogP contribution in [0.4, 0.5) is 0 Å². The summed E-state index contributed by atoms with van der Waals surface area (Å²) in [5, 5.41) is 0.782. The minimum Gasteiger partial charge on any atom is -0.142 e. The third kappa shape index (κ3) is 2.20. The molecule has 0 aromatic heterocycles. The quantitative estimate of drug-likeness (QED) is 0.663. The Bertz CT molecular complexity index is 326. The van der Waals surface area contributed by atoms with Crippen LogP contribution in [0.5, 0.6) is 0 Å². The van der Waals surface area contributed by atoms with Crippen molar-refractivity contribution in [3.8, 4) is 0 Å². The molecule has 3 heteroatoms. The molecule has 2 atom stereocenters. The van der Waals surface area contributed by atoms with E-state index < -0.39 is 8.03 Å². The Balaban J connectivity index is 2.94. The fourth-order valence-electron chi connectivity index (χ4n) is 1.37. The average Bonchev–Trinajstić information content (AvgIpc) is 2.15. The molecule has 0 radical (unpaired) electrons. The van der Waals surface area contributed by atoms with Crippen LogP contribution < -0.4 is 0 Å². The van der Waals surface area contributed by atoms with E-state index in [0.29, 0.717) is 12.5 Å². The molecule has 1 aliphatic rings. The van der Waals surface area contributed by atoms with Crippen LogP contribution in [-0.4, -0.2) is 6.61 Å². The molecule has 1 rings (SSSR count). The molecular weight excluding hydrogens is 195 g/mol. The van der Waals surface area contributed by atoms with Gasteiger partial charge in [0.1, 0.15) is 6.61 Å². The van der Waals surface area contributed by atoms with Crippen molar-refractivity contribution in [2.45, 2.75) is 20.8 Å². The zero-order valence-electron chi connectivity index (χ0n) is 8.91. The molecule has 0 saturated carbocycles. The molecule has 0 amide bonds. The van der Waals surface area contributed by atoms with Gasteiger partial charge in [0.25, 0.3) is 0 Å². The minimum absolute atomic E-state index is 0.337. The van der Waals surface area contributed by atoms with E-state index in [1.165, 1.54) is 0 Å². The average molecular weight is 211 g/mol. The highest BCUT2D eigenvalue weighted by Gasteiger charge is 2.29. The second-order valence-corrected chi connectivity index (χ2v) is 4.61. The normalized spacial score (nSPS) is 22.9. The Morgan fingerprint density at radius 1 is 1.64 bits per heavy atom. The van der Waals surface area contributed by atoms with Crippen LogP contribution in [0, 0.1) is 5.92 Å². The van der Waals surface area contributed by atoms with Crippen LogP contribution in [-0.2, 0) is 9.09 Å². The first kappa shape index (κ1) is 11.4. The van der Waals surface area contributed by atoms with Gasteiger partial charge in [0.05, 0.1) is 0 Å². The van der Waals surface area contributed by atoms with E-state index in [1.807, 2.05) is 26.0 Å². The number of hydrogen-bond donors (Lipinski definition) is 0. The molecule has 0 aromatic rings. The maximum atomic E-state index is 11.6. The van der Waals surface area contributed by atoms with Crippen molar-refractivity contribution in [3.63, 3.8) is 0 Å². The van der Waals surface area contributed by atoms with Gasteiger partial charge < -0.3 is 0 Å². The highest BCUT2D eigenvalue weighted by atomic mass is 31.1. The van der Waals surface area contributed by atoms with Gasteiger partial charge in [-0.15, -0.1) is 4.52 Å². The zero-order valence-corrected chi connectivity index (χ0v) is 9.80. The maximum Gasteiger partial charge on any atom is 0.548 e. The highest BCUT2D eigenvalue weighted by Crippen LogP contribution is 2.42. The van der Waals surface area contributed by atoms with Crippen LogP contribution >= 0.6 is 8.03 Å². The van der Waals surface area contributed by atoms with Crippen LogP contribution in [0.1, 0.15) is 20.8 Å². The van der Waals surface area contributed by atoms with Crippen molar-refractivity contribution < 1.29 is 9.09 Å². The lowest BCUT2D eigenvalue weighted by molar-refractivity contribution is 0.355. The molecule has 0 fully saturated rings. The maximum absolute atomic E-state index is 11.6. The molecule has 2 unspecified atom stereocenters. The topological polar surface area (TPSA) is 26.3 Å². The van der Waals surface area contributed by atoms with Crippen LogP contribution in [0.3, 0.4) is 0 Å². The van der Waals surface area contributed by atoms with Crippen LogP contribution in [0.2, 0.25) is 0 Å². The van der Waals surface area contributed by atoms with E-state index in [2.05, 4.69) is 13.5 Å². The summed E-state index contributed by atoms with van der Waals surface area (Å²) in [5.41, 5.74) is 2.04. The highest BCUT2D eigenvalue weighted by molar-refractivity contribution is 7.44. The lowest BCUT2D eigenvalue weighted by Gasteiger charge is -2.14. The molecule has 0 N–H and O–H groups in total. The summed E-state index contributed by atoms with van der Waals surface area (Å²) in [6.45, 7) is 10.3. The van der Waals surface area contributed by atoms with E-state index >= 15 is 0 Å². The van der Waals surface area contributed by atoms with E-state index in [9.17, 15) is 4.57 Å². The van der Waals surface area contributed by atoms with Gasteiger partial charge in [-0.3, -0.25) is 0 Å². The number of hydrogen-bond acceptors (Lipinski definition) is 2. The van der Waals surface area contributed by atoms with Crippen molar-refractivity contribution >= 4 is 8.03 Å². The summed E-state index contributed by atoms with van der Waals surface area (Å²) < 4.78 is 16.7. The molecule has 0 aliphatic heterocycles. The first-order chi connectivity index (χ1) is 6.57. The second kappa shape index (κ2) is 4.68. The molecule has 0 spiro atoms. The van der Waals surface area contributed by atoms with E-state index in [1.54, 1.807) is 0 Å². The van der Waals surface area contributed by atoms with Crippen molar-refractivity contribution in [1.82, 2.24) is 0 Å². The van der Waals surface area contributed by atoms with Gasteiger partial charge in [0, 0.05) is 5.57 Å². The Hall–Kier alpha value is -0.720. The van der Waals surface area contributed by atoms with E-state index in [4.69, 9.17) is 4.52 Å². The van der Waals surface area contributed by atoms with Crippen molar-refractivity contribution in [1.29, 1.82) is 0 Å². The van der Waals surface area contributed by atoms with Gasteiger partial charge in [0.2, 0.25) is 5.31 Å². The Morgan fingerprint density at radius 3 is 2.86 bits per heavy atom. The van der Waals surface area contributed by atoms with Gasteiger partial charge in [-0.1, -0.05) is 19.6 Å². The molecule has 0 bridgehead atoms. The Labute approximate surface area is 86.2 Å². The predicted octanol–water partition coefficient (Wildman–Crippen LogP) is 3.80. The van der Waals surface area contributed by atoms with Gasteiger partial charge in [-0.05, 0) is 36.0 Å². The van der Waals surface area contributed by atoms with Crippen LogP contribution in [0.25, 0.3) is 0 Å². The summed E-state index contributed by atoms with van der Waals surface area (Å²) in [7, 11) is -1.70. The van der Waals surface area contributed by atoms with Crippen molar-refractivity contribution in [2.24, 2.45) is 5.92 Å². The Morgan fingerprint density at radius 2 is 2.29 bits per heavy atom. The lowest BCUT2D eigenvalue weighted by Crippen LogP contribution is -2.02. The lowest BCUT2D eigenvalue weighted by atomic mass is 9.92. The Kier molecular flexibility index (Phi) is 3.79. The third-order valence-corrected chi connectivity index (χ3v) is 3.77. The van der Waals surface area contributed by atoms with Gasteiger partial charge in [0.15, 0.2) is 0 Å². The van der Waals surface area contributed by atoms with Gasteiger partial charge >= 0.3 is 8.03 Å². The van der Waals surface area contributed by atoms with Crippen LogP contribution in [0.15, 0.2) is 35.2 Å². The molecule has 0 heterocycles. The van der Waals surface area contributed by atoms with Gasteiger partial charge in [-0.2, -0.15) is 0 Å². The van der Waals surface area contributed by atoms with E-state index in [0.717, 1.165) is 16.5 Å². The molecule has 0 aromatic carbocycles. The number of allylic oxidation sites excluding steroid dienone is 5. The minimum atomic E-state index is -1.70. The van der Waals surface area contributed by atoms with E-state index in [-0.39, 0.29) is 0 Å². The predicted molar refractivity (Wildman–Crippen MR) is 59.4 cm³/mol. The standard InChI is InChI=1S/C11H16O2P/c1-5-13-14(12)11-7-6-8(2)9(3)10(11)4/h6-8H,3,5H2,1-2,4H3/q+1. The molecular formula is C11H16O2P+. The summed E-state index contributed by atoms with van der Waals surface area (Å²) in [4.78, 5) is 0. The SMILES string of the molecule is C=C1C(C)=C([P+](=O)OCC)C=CC1C. The monoisotopic (exact) mass is 211 g/mol. The smallest absolute Gasteiger partial charge is 0.142 e. The molecule has 1 aliphatic carbocycles. The van der Waals surface area contributed by atoms with Gasteiger partial charge in [-0.25, -0.2) is 0 Å².